The Morgan fingerprint density at radius 2 is 2.39 bits per heavy atom. The number of thiazole rings is 1. The van der Waals surface area contributed by atoms with Gasteiger partial charge in [0.2, 0.25) is 5.13 Å². The number of rotatable bonds is 3. The van der Waals surface area contributed by atoms with Crippen molar-refractivity contribution in [1.29, 1.82) is 0 Å². The van der Waals surface area contributed by atoms with Crippen molar-refractivity contribution in [2.24, 2.45) is 5.10 Å². The first kappa shape index (κ1) is 12.3. The van der Waals surface area contributed by atoms with Crippen LogP contribution in [0.1, 0.15) is 16.8 Å². The van der Waals surface area contributed by atoms with Gasteiger partial charge in [-0.3, -0.25) is 5.43 Å². The molecule has 0 unspecified atom stereocenters. The van der Waals surface area contributed by atoms with Crippen LogP contribution in [-0.2, 0) is 0 Å². The normalized spacial score (nSPS) is 10.5. The van der Waals surface area contributed by atoms with Gasteiger partial charge in [0.05, 0.1) is 11.9 Å². The van der Waals surface area contributed by atoms with Crippen LogP contribution in [0.15, 0.2) is 28.7 Å². The van der Waals surface area contributed by atoms with Gasteiger partial charge in [0.25, 0.3) is 0 Å². The van der Waals surface area contributed by atoms with Crippen molar-refractivity contribution in [3.8, 4) is 12.3 Å². The summed E-state index contributed by atoms with van der Waals surface area (Å²) in [5.41, 5.74) is 4.54. The minimum absolute atomic E-state index is 0.370. The molecule has 0 atom stereocenters. The standard InChI is InChI=1S/C13H10FN3S/c1-3-10-4-5-11(12(14)6-10)7-15-17-13-16-9(2)8-18-13/h1,4-8H,2H3,(H,16,17). The van der Waals surface area contributed by atoms with Crippen molar-refractivity contribution in [2.75, 3.05) is 5.43 Å². The number of benzene rings is 1. The fraction of sp³-hybridized carbons (Fsp3) is 0.0769. The van der Waals surface area contributed by atoms with E-state index in [-0.39, 0.29) is 0 Å². The molecule has 0 amide bonds. The van der Waals surface area contributed by atoms with E-state index in [0.717, 1.165) is 5.69 Å². The summed E-state index contributed by atoms with van der Waals surface area (Å²) >= 11 is 1.44. The van der Waals surface area contributed by atoms with E-state index in [0.29, 0.717) is 16.3 Å². The number of anilines is 1. The Bertz CT molecular complexity index is 625. The second-order valence-corrected chi connectivity index (χ2v) is 4.40. The number of hydrogen-bond acceptors (Lipinski definition) is 4. The first-order valence-corrected chi connectivity index (χ1v) is 6.04. The highest BCUT2D eigenvalue weighted by Gasteiger charge is 2.00. The van der Waals surface area contributed by atoms with E-state index in [9.17, 15) is 4.39 Å². The maximum atomic E-state index is 13.5. The molecule has 0 saturated heterocycles. The molecule has 2 aromatic rings. The van der Waals surface area contributed by atoms with Crippen LogP contribution in [-0.4, -0.2) is 11.2 Å². The predicted molar refractivity (Wildman–Crippen MR) is 72.4 cm³/mol. The molecule has 0 spiro atoms. The molecule has 1 aromatic heterocycles. The number of aryl methyl sites for hydroxylation is 1. The third-order valence-corrected chi connectivity index (χ3v) is 3.01. The second kappa shape index (κ2) is 5.43. The lowest BCUT2D eigenvalue weighted by atomic mass is 10.1. The summed E-state index contributed by atoms with van der Waals surface area (Å²) in [6.07, 6.45) is 6.57. The topological polar surface area (TPSA) is 37.3 Å². The molecule has 0 saturated carbocycles. The Hall–Kier alpha value is -2.19. The summed E-state index contributed by atoms with van der Waals surface area (Å²) in [6, 6.07) is 4.55. The summed E-state index contributed by atoms with van der Waals surface area (Å²) in [7, 11) is 0. The fourth-order valence-corrected chi connectivity index (χ4v) is 1.92. The predicted octanol–water partition coefficient (Wildman–Crippen LogP) is 3.02. The van der Waals surface area contributed by atoms with Crippen molar-refractivity contribution in [2.45, 2.75) is 6.92 Å². The lowest BCUT2D eigenvalue weighted by Crippen LogP contribution is -1.93. The summed E-state index contributed by atoms with van der Waals surface area (Å²) in [6.45, 7) is 1.89. The van der Waals surface area contributed by atoms with Crippen LogP contribution < -0.4 is 5.43 Å². The molecule has 1 aromatic carbocycles. The molecule has 0 radical (unpaired) electrons. The van der Waals surface area contributed by atoms with Gasteiger partial charge in [-0.2, -0.15) is 5.10 Å². The van der Waals surface area contributed by atoms with Crippen LogP contribution in [0.25, 0.3) is 0 Å². The highest BCUT2D eigenvalue weighted by atomic mass is 32.1. The van der Waals surface area contributed by atoms with Gasteiger partial charge in [0.1, 0.15) is 5.82 Å². The molecule has 0 aliphatic heterocycles. The average Bonchev–Trinajstić information content (AvgIpc) is 2.77. The van der Waals surface area contributed by atoms with Crippen LogP contribution in [0.2, 0.25) is 0 Å². The van der Waals surface area contributed by atoms with Crippen molar-refractivity contribution < 1.29 is 4.39 Å². The quantitative estimate of drug-likeness (QED) is 0.522. The lowest BCUT2D eigenvalue weighted by molar-refractivity contribution is 0.625. The van der Waals surface area contributed by atoms with Gasteiger partial charge >= 0.3 is 0 Å². The lowest BCUT2D eigenvalue weighted by Gasteiger charge is -1.97. The molecule has 5 heteroatoms. The molecule has 0 fully saturated rings. The zero-order valence-corrected chi connectivity index (χ0v) is 10.5. The van der Waals surface area contributed by atoms with Gasteiger partial charge in [0, 0.05) is 16.5 Å². The van der Waals surface area contributed by atoms with Gasteiger partial charge in [-0.05, 0) is 25.1 Å². The molecule has 0 aliphatic rings. The molecule has 2 rings (SSSR count). The zero-order chi connectivity index (χ0) is 13.0. The highest BCUT2D eigenvalue weighted by Crippen LogP contribution is 2.14. The van der Waals surface area contributed by atoms with E-state index in [1.165, 1.54) is 23.6 Å². The number of halogens is 1. The molecular weight excluding hydrogens is 249 g/mol. The number of aromatic nitrogens is 1. The van der Waals surface area contributed by atoms with Crippen molar-refractivity contribution in [1.82, 2.24) is 4.98 Å². The third-order valence-electron chi connectivity index (χ3n) is 2.15. The molecule has 1 N–H and O–H groups in total. The van der Waals surface area contributed by atoms with Crippen LogP contribution in [0.3, 0.4) is 0 Å². The van der Waals surface area contributed by atoms with Gasteiger partial charge in [0.15, 0.2) is 0 Å². The fourth-order valence-electron chi connectivity index (χ4n) is 1.28. The second-order valence-electron chi connectivity index (χ2n) is 3.54. The SMILES string of the molecule is C#Cc1ccc(C=NNc2nc(C)cs2)c(F)c1. The number of terminal acetylenes is 1. The number of hydrazone groups is 1. The number of nitrogens with zero attached hydrogens (tertiary/aromatic N) is 2. The molecule has 18 heavy (non-hydrogen) atoms. The molecule has 3 nitrogen and oxygen atoms in total. The van der Waals surface area contributed by atoms with E-state index in [4.69, 9.17) is 6.42 Å². The summed E-state index contributed by atoms with van der Waals surface area (Å²) in [5.74, 6) is 1.97. The van der Waals surface area contributed by atoms with Gasteiger partial charge < -0.3 is 0 Å². The van der Waals surface area contributed by atoms with E-state index in [2.05, 4.69) is 21.4 Å². The first-order valence-electron chi connectivity index (χ1n) is 5.16. The number of hydrogen-bond donors (Lipinski definition) is 1. The zero-order valence-electron chi connectivity index (χ0n) is 9.64. The third kappa shape index (κ3) is 2.93. The van der Waals surface area contributed by atoms with Crippen LogP contribution in [0, 0.1) is 25.1 Å². The average molecular weight is 259 g/mol. The van der Waals surface area contributed by atoms with Crippen LogP contribution in [0.4, 0.5) is 9.52 Å². The maximum Gasteiger partial charge on any atom is 0.203 e. The summed E-state index contributed by atoms with van der Waals surface area (Å²) < 4.78 is 13.5. The van der Waals surface area contributed by atoms with Crippen molar-refractivity contribution in [3.63, 3.8) is 0 Å². The Labute approximate surface area is 108 Å². The van der Waals surface area contributed by atoms with Crippen molar-refractivity contribution >= 4 is 22.7 Å². The van der Waals surface area contributed by atoms with E-state index < -0.39 is 5.82 Å². The van der Waals surface area contributed by atoms with Crippen molar-refractivity contribution in [3.05, 3.63) is 46.2 Å². The highest BCUT2D eigenvalue weighted by molar-refractivity contribution is 7.13. The van der Waals surface area contributed by atoms with E-state index >= 15 is 0 Å². The first-order chi connectivity index (χ1) is 8.69. The molecule has 0 aliphatic carbocycles. The van der Waals surface area contributed by atoms with Gasteiger partial charge in [-0.25, -0.2) is 9.37 Å². The molecular formula is C13H10FN3S. The molecule has 1 heterocycles. The Morgan fingerprint density at radius 1 is 1.56 bits per heavy atom. The minimum Gasteiger partial charge on any atom is -0.253 e. The molecule has 0 bridgehead atoms. The van der Waals surface area contributed by atoms with Crippen LogP contribution >= 0.6 is 11.3 Å². The summed E-state index contributed by atoms with van der Waals surface area (Å²) in [4.78, 5) is 4.17. The smallest absolute Gasteiger partial charge is 0.203 e. The monoisotopic (exact) mass is 259 g/mol. The summed E-state index contributed by atoms with van der Waals surface area (Å²) in [5, 5.41) is 6.50. The molecule has 90 valence electrons. The van der Waals surface area contributed by atoms with Crippen LogP contribution in [0.5, 0.6) is 0 Å². The minimum atomic E-state index is -0.397. The Kier molecular flexibility index (Phi) is 3.70. The van der Waals surface area contributed by atoms with E-state index in [1.807, 2.05) is 12.3 Å². The maximum absolute atomic E-state index is 13.5. The van der Waals surface area contributed by atoms with Gasteiger partial charge in [-0.1, -0.05) is 5.92 Å². The van der Waals surface area contributed by atoms with Gasteiger partial charge in [-0.15, -0.1) is 17.8 Å². The van der Waals surface area contributed by atoms with E-state index in [1.54, 1.807) is 12.1 Å². The Morgan fingerprint density at radius 3 is 3.00 bits per heavy atom. The Balaban J connectivity index is 2.07. The number of nitrogens with one attached hydrogen (secondary N) is 1. The largest absolute Gasteiger partial charge is 0.253 e.